The molecule has 26 heavy (non-hydrogen) atoms. The second-order valence-electron chi connectivity index (χ2n) is 6.80. The summed E-state index contributed by atoms with van der Waals surface area (Å²) < 4.78 is 6.35. The van der Waals surface area contributed by atoms with Crippen molar-refractivity contribution in [2.45, 2.75) is 39.2 Å². The Kier molecular flexibility index (Phi) is 4.63. The van der Waals surface area contributed by atoms with Crippen LogP contribution in [-0.4, -0.2) is 35.2 Å². The van der Waals surface area contributed by atoms with Gasteiger partial charge in [0.25, 0.3) is 0 Å². The van der Waals surface area contributed by atoms with E-state index >= 15 is 0 Å². The molecule has 0 aliphatic carbocycles. The van der Waals surface area contributed by atoms with Crippen molar-refractivity contribution in [2.24, 2.45) is 0 Å². The zero-order valence-corrected chi connectivity index (χ0v) is 15.8. The molecule has 1 atom stereocenters. The Morgan fingerprint density at radius 1 is 1.38 bits per heavy atom. The first-order valence-electron chi connectivity index (χ1n) is 8.92. The highest BCUT2D eigenvalue weighted by Gasteiger charge is 2.24. The number of nitrogens with one attached hydrogen (secondary N) is 1. The second-order valence-corrected chi connectivity index (χ2v) is 7.81. The van der Waals surface area contributed by atoms with E-state index in [0.29, 0.717) is 6.42 Å². The normalized spacial score (nSPS) is 17.6. The van der Waals surface area contributed by atoms with Crippen molar-refractivity contribution in [2.75, 3.05) is 18.0 Å². The lowest BCUT2D eigenvalue weighted by atomic mass is 10.1. The van der Waals surface area contributed by atoms with Crippen LogP contribution in [0.3, 0.4) is 0 Å². The summed E-state index contributed by atoms with van der Waals surface area (Å²) >= 11 is 1.71. The smallest absolute Gasteiger partial charge is 0.224 e. The molecule has 1 amide bonds. The van der Waals surface area contributed by atoms with Crippen LogP contribution in [0.25, 0.3) is 10.2 Å². The highest BCUT2D eigenvalue weighted by atomic mass is 32.1. The Morgan fingerprint density at radius 3 is 3.00 bits per heavy atom. The van der Waals surface area contributed by atoms with Crippen LogP contribution in [0.15, 0.2) is 28.8 Å². The number of nitrogens with zero attached hydrogens (tertiary/aromatic N) is 3. The molecule has 1 saturated heterocycles. The van der Waals surface area contributed by atoms with Crippen LogP contribution in [0.4, 0.5) is 5.13 Å². The molecule has 1 fully saturated rings. The van der Waals surface area contributed by atoms with E-state index in [1.165, 1.54) is 4.70 Å². The molecule has 6 nitrogen and oxygen atoms in total. The number of hydrogen-bond donors (Lipinski definition) is 1. The Bertz CT molecular complexity index is 880. The molecule has 2 aromatic heterocycles. The van der Waals surface area contributed by atoms with Gasteiger partial charge in [-0.15, -0.1) is 0 Å². The summed E-state index contributed by atoms with van der Waals surface area (Å²) in [4.78, 5) is 19.5. The Morgan fingerprint density at radius 2 is 2.23 bits per heavy atom. The summed E-state index contributed by atoms with van der Waals surface area (Å²) in [6.45, 7) is 5.50. The molecule has 1 N–H and O–H groups in total. The summed E-state index contributed by atoms with van der Waals surface area (Å²) in [6, 6.07) is 8.34. The van der Waals surface area contributed by atoms with Crippen molar-refractivity contribution in [3.8, 4) is 0 Å². The zero-order chi connectivity index (χ0) is 18.1. The SMILES string of the molecule is Cc1noc(C)c1CC(=O)N[C@H]1CCCN(c2nc3ccccc3s2)C1. The third-order valence-corrected chi connectivity index (χ3v) is 5.96. The topological polar surface area (TPSA) is 71.3 Å². The lowest BCUT2D eigenvalue weighted by Crippen LogP contribution is -2.48. The minimum absolute atomic E-state index is 0.0237. The number of thiazole rings is 1. The Balaban J connectivity index is 1.41. The van der Waals surface area contributed by atoms with Crippen LogP contribution < -0.4 is 10.2 Å². The lowest BCUT2D eigenvalue weighted by Gasteiger charge is -2.33. The van der Waals surface area contributed by atoms with E-state index in [1.807, 2.05) is 32.0 Å². The van der Waals surface area contributed by atoms with Gasteiger partial charge in [-0.25, -0.2) is 4.98 Å². The first-order chi connectivity index (χ1) is 12.6. The molecule has 136 valence electrons. The number of carbonyl (C=O) groups is 1. The Labute approximate surface area is 156 Å². The number of anilines is 1. The number of piperidine rings is 1. The van der Waals surface area contributed by atoms with Crippen molar-refractivity contribution in [3.05, 3.63) is 41.3 Å². The summed E-state index contributed by atoms with van der Waals surface area (Å²) in [7, 11) is 0. The van der Waals surface area contributed by atoms with Crippen LogP contribution in [-0.2, 0) is 11.2 Å². The summed E-state index contributed by atoms with van der Waals surface area (Å²) in [5.41, 5.74) is 2.72. The molecule has 0 saturated carbocycles. The molecule has 3 aromatic rings. The number of hydrogen-bond acceptors (Lipinski definition) is 6. The predicted octanol–water partition coefficient (Wildman–Crippen LogP) is 3.23. The van der Waals surface area contributed by atoms with Crippen molar-refractivity contribution in [1.29, 1.82) is 0 Å². The van der Waals surface area contributed by atoms with Crippen LogP contribution in [0, 0.1) is 13.8 Å². The molecule has 4 rings (SSSR count). The number of carbonyl (C=O) groups excluding carboxylic acids is 1. The molecule has 0 spiro atoms. The van der Waals surface area contributed by atoms with Gasteiger partial charge >= 0.3 is 0 Å². The molecule has 1 aliphatic rings. The molecular formula is C19H22N4O2S. The highest BCUT2D eigenvalue weighted by Crippen LogP contribution is 2.30. The maximum Gasteiger partial charge on any atom is 0.224 e. The molecular weight excluding hydrogens is 348 g/mol. The van der Waals surface area contributed by atoms with E-state index in [9.17, 15) is 4.79 Å². The van der Waals surface area contributed by atoms with Crippen LogP contribution in [0.5, 0.6) is 0 Å². The van der Waals surface area contributed by atoms with E-state index in [1.54, 1.807) is 11.3 Å². The Hall–Kier alpha value is -2.41. The molecule has 7 heteroatoms. The van der Waals surface area contributed by atoms with Gasteiger partial charge in [-0.05, 0) is 38.8 Å². The number of fused-ring (bicyclic) bond motifs is 1. The zero-order valence-electron chi connectivity index (χ0n) is 15.0. The highest BCUT2D eigenvalue weighted by molar-refractivity contribution is 7.22. The van der Waals surface area contributed by atoms with Gasteiger partial charge in [0.15, 0.2) is 5.13 Å². The van der Waals surface area contributed by atoms with Crippen LogP contribution >= 0.6 is 11.3 Å². The maximum absolute atomic E-state index is 12.5. The van der Waals surface area contributed by atoms with E-state index < -0.39 is 0 Å². The van der Waals surface area contributed by atoms with Gasteiger partial charge < -0.3 is 14.7 Å². The third-order valence-electron chi connectivity index (χ3n) is 4.86. The number of para-hydroxylation sites is 1. The molecule has 1 aromatic carbocycles. The van der Waals surface area contributed by atoms with E-state index in [-0.39, 0.29) is 11.9 Å². The van der Waals surface area contributed by atoms with Crippen molar-refractivity contribution >= 4 is 32.6 Å². The monoisotopic (exact) mass is 370 g/mol. The van der Waals surface area contributed by atoms with Crippen molar-refractivity contribution in [1.82, 2.24) is 15.5 Å². The van der Waals surface area contributed by atoms with Crippen LogP contribution in [0.2, 0.25) is 0 Å². The van der Waals surface area contributed by atoms with Gasteiger partial charge in [0.1, 0.15) is 5.76 Å². The first kappa shape index (κ1) is 17.0. The maximum atomic E-state index is 12.5. The van der Waals surface area contributed by atoms with Gasteiger partial charge in [0.2, 0.25) is 5.91 Å². The molecule has 0 bridgehead atoms. The fourth-order valence-corrected chi connectivity index (χ4v) is 4.46. The van der Waals surface area contributed by atoms with Gasteiger partial charge in [0.05, 0.1) is 22.3 Å². The lowest BCUT2D eigenvalue weighted by molar-refractivity contribution is -0.121. The molecule has 3 heterocycles. The summed E-state index contributed by atoms with van der Waals surface area (Å²) in [5, 5.41) is 8.13. The second kappa shape index (κ2) is 7.07. The fourth-order valence-electron chi connectivity index (χ4n) is 3.46. The van der Waals surface area contributed by atoms with Gasteiger partial charge in [-0.1, -0.05) is 28.6 Å². The molecule has 1 aliphatic heterocycles. The minimum Gasteiger partial charge on any atom is -0.361 e. The number of rotatable bonds is 4. The summed E-state index contributed by atoms with van der Waals surface area (Å²) in [6.07, 6.45) is 2.36. The summed E-state index contributed by atoms with van der Waals surface area (Å²) in [5.74, 6) is 0.743. The van der Waals surface area contributed by atoms with E-state index in [4.69, 9.17) is 9.51 Å². The number of aryl methyl sites for hydroxylation is 2. The van der Waals surface area contributed by atoms with Gasteiger partial charge in [0, 0.05) is 24.7 Å². The first-order valence-corrected chi connectivity index (χ1v) is 9.73. The minimum atomic E-state index is 0.0237. The van der Waals surface area contributed by atoms with E-state index in [0.717, 1.165) is 53.6 Å². The standard InChI is InChI=1S/C19H22N4O2S/c1-12-15(13(2)25-22-12)10-18(24)20-14-6-5-9-23(11-14)19-21-16-7-3-4-8-17(16)26-19/h3-4,7-8,14H,5-6,9-11H2,1-2H3,(H,20,24)/t14-/m0/s1. The van der Waals surface area contributed by atoms with Gasteiger partial charge in [-0.2, -0.15) is 0 Å². The van der Waals surface area contributed by atoms with Gasteiger partial charge in [-0.3, -0.25) is 4.79 Å². The number of benzene rings is 1. The number of aromatic nitrogens is 2. The average Bonchev–Trinajstić information content (AvgIpc) is 3.20. The molecule has 0 radical (unpaired) electrons. The third kappa shape index (κ3) is 3.44. The fraction of sp³-hybridized carbons (Fsp3) is 0.421. The van der Waals surface area contributed by atoms with E-state index in [2.05, 4.69) is 21.4 Å². The quantitative estimate of drug-likeness (QED) is 0.763. The molecule has 0 unspecified atom stereocenters. The van der Waals surface area contributed by atoms with Crippen molar-refractivity contribution < 1.29 is 9.32 Å². The largest absolute Gasteiger partial charge is 0.361 e. The average molecular weight is 370 g/mol. The predicted molar refractivity (Wildman–Crippen MR) is 103 cm³/mol. The van der Waals surface area contributed by atoms with Crippen molar-refractivity contribution in [3.63, 3.8) is 0 Å². The van der Waals surface area contributed by atoms with Crippen LogP contribution in [0.1, 0.15) is 29.9 Å². The number of amides is 1.